The summed E-state index contributed by atoms with van der Waals surface area (Å²) in [6.07, 6.45) is -5.07. The van der Waals surface area contributed by atoms with Gasteiger partial charge in [-0.25, -0.2) is 4.99 Å². The molecule has 2 atom stereocenters. The van der Waals surface area contributed by atoms with Gasteiger partial charge in [0.15, 0.2) is 5.96 Å². The van der Waals surface area contributed by atoms with Crippen LogP contribution in [0, 0.1) is 0 Å². The number of halogens is 3. The number of rotatable bonds is 6. The predicted octanol–water partition coefficient (Wildman–Crippen LogP) is 5.43. The highest BCUT2D eigenvalue weighted by Gasteiger charge is 2.32. The maximum atomic E-state index is 13.1. The second kappa shape index (κ2) is 10.7. The van der Waals surface area contributed by atoms with E-state index in [9.17, 15) is 13.2 Å². The molecule has 0 bridgehead atoms. The molecule has 2 heterocycles. The van der Waals surface area contributed by atoms with Gasteiger partial charge in [0.05, 0.1) is 17.8 Å². The first-order valence-electron chi connectivity index (χ1n) is 12.7. The van der Waals surface area contributed by atoms with E-state index in [2.05, 4.69) is 29.0 Å². The Morgan fingerprint density at radius 2 is 1.71 bits per heavy atom. The van der Waals surface area contributed by atoms with Crippen LogP contribution in [0.1, 0.15) is 41.4 Å². The number of anilines is 1. The molecular formula is C29H32F3N5O. The van der Waals surface area contributed by atoms with E-state index in [1.807, 2.05) is 35.2 Å². The summed E-state index contributed by atoms with van der Waals surface area (Å²) in [4.78, 5) is 11.6. The number of alkyl halides is 3. The number of nitrogens with two attached hydrogens (primary N) is 1. The van der Waals surface area contributed by atoms with E-state index < -0.39 is 17.8 Å². The lowest BCUT2D eigenvalue weighted by molar-refractivity contribution is -0.137. The van der Waals surface area contributed by atoms with Crippen LogP contribution in [-0.4, -0.2) is 49.0 Å². The van der Waals surface area contributed by atoms with E-state index in [1.165, 1.54) is 6.07 Å². The van der Waals surface area contributed by atoms with Gasteiger partial charge >= 0.3 is 6.18 Å². The molecule has 2 aliphatic heterocycles. The molecule has 200 valence electrons. The van der Waals surface area contributed by atoms with Crippen LogP contribution in [-0.2, 0) is 12.7 Å². The molecule has 2 N–H and O–H groups in total. The summed E-state index contributed by atoms with van der Waals surface area (Å²) >= 11 is 0. The Balaban J connectivity index is 1.34. The highest BCUT2D eigenvalue weighted by molar-refractivity contribution is 5.97. The second-order valence-electron chi connectivity index (χ2n) is 9.88. The smallest absolute Gasteiger partial charge is 0.416 e. The van der Waals surface area contributed by atoms with Gasteiger partial charge in [0.2, 0.25) is 0 Å². The summed E-state index contributed by atoms with van der Waals surface area (Å²) in [5.41, 5.74) is 9.39. The quantitative estimate of drug-likeness (QED) is 0.467. The summed E-state index contributed by atoms with van der Waals surface area (Å²) in [6, 6.07) is 21.0. The topological polar surface area (TPSA) is 57.3 Å². The van der Waals surface area contributed by atoms with Gasteiger partial charge < -0.3 is 20.3 Å². The van der Waals surface area contributed by atoms with E-state index in [1.54, 1.807) is 19.1 Å². The van der Waals surface area contributed by atoms with E-state index in [-0.39, 0.29) is 6.17 Å². The average Bonchev–Trinajstić information content (AvgIpc) is 2.90. The molecule has 1 saturated heterocycles. The lowest BCUT2D eigenvalue weighted by Gasteiger charge is -2.40. The van der Waals surface area contributed by atoms with Crippen LogP contribution < -0.4 is 15.4 Å². The lowest BCUT2D eigenvalue weighted by Crippen LogP contribution is -2.48. The van der Waals surface area contributed by atoms with Crippen LogP contribution in [0.5, 0.6) is 5.75 Å². The van der Waals surface area contributed by atoms with Crippen LogP contribution in [0.2, 0.25) is 0 Å². The van der Waals surface area contributed by atoms with Crippen LogP contribution in [0.15, 0.2) is 77.8 Å². The van der Waals surface area contributed by atoms with Crippen molar-refractivity contribution < 1.29 is 17.9 Å². The van der Waals surface area contributed by atoms with E-state index >= 15 is 0 Å². The molecule has 38 heavy (non-hydrogen) atoms. The fourth-order valence-electron chi connectivity index (χ4n) is 4.99. The number of ether oxygens (including phenoxy) is 1. The van der Waals surface area contributed by atoms with Crippen LogP contribution >= 0.6 is 0 Å². The maximum Gasteiger partial charge on any atom is 0.416 e. The standard InChI is InChI=1S/C29H32F3N5O/c1-20(22-8-6-9-23(18-22)29(30,31)32)38-24-10-5-7-21(17-24)19-37-26-12-4-3-11-25(26)27(34-28(37)33)36-15-13-35(2)14-16-36/h3-12,17-18,20,27H,13-16,19H2,1-2H3,(H2,33,34). The minimum Gasteiger partial charge on any atom is -0.486 e. The Hall–Kier alpha value is -3.56. The molecule has 0 saturated carbocycles. The van der Waals surface area contributed by atoms with Crippen molar-refractivity contribution >= 4 is 11.6 Å². The third-order valence-electron chi connectivity index (χ3n) is 7.16. The number of benzene rings is 3. The monoisotopic (exact) mass is 523 g/mol. The van der Waals surface area contributed by atoms with Crippen molar-refractivity contribution in [3.63, 3.8) is 0 Å². The van der Waals surface area contributed by atoms with Gasteiger partial charge in [-0.15, -0.1) is 0 Å². The van der Waals surface area contributed by atoms with Crippen molar-refractivity contribution in [3.8, 4) is 5.75 Å². The molecular weight excluding hydrogens is 491 g/mol. The van der Waals surface area contributed by atoms with Crippen molar-refractivity contribution in [2.24, 2.45) is 10.7 Å². The first kappa shape index (κ1) is 26.1. The van der Waals surface area contributed by atoms with Gasteiger partial charge in [-0.05, 0) is 55.4 Å². The van der Waals surface area contributed by atoms with Gasteiger partial charge in [-0.2, -0.15) is 13.2 Å². The molecule has 1 fully saturated rings. The largest absolute Gasteiger partial charge is 0.486 e. The zero-order valence-corrected chi connectivity index (χ0v) is 21.5. The molecule has 6 nitrogen and oxygen atoms in total. The molecule has 5 rings (SSSR count). The van der Waals surface area contributed by atoms with Crippen LogP contribution in [0.4, 0.5) is 18.9 Å². The number of fused-ring (bicyclic) bond motifs is 1. The summed E-state index contributed by atoms with van der Waals surface area (Å²) < 4.78 is 45.5. The van der Waals surface area contributed by atoms with Gasteiger partial charge in [-0.1, -0.05) is 42.5 Å². The normalized spacial score (nSPS) is 19.6. The molecule has 3 aromatic carbocycles. The first-order chi connectivity index (χ1) is 18.2. The fourth-order valence-corrected chi connectivity index (χ4v) is 4.99. The number of guanidine groups is 1. The molecule has 9 heteroatoms. The van der Waals surface area contributed by atoms with Crippen molar-refractivity contribution in [2.45, 2.75) is 31.9 Å². The Morgan fingerprint density at radius 1 is 0.974 bits per heavy atom. The zero-order valence-electron chi connectivity index (χ0n) is 21.5. The van der Waals surface area contributed by atoms with Crippen molar-refractivity contribution in [1.29, 1.82) is 0 Å². The zero-order chi connectivity index (χ0) is 26.9. The van der Waals surface area contributed by atoms with Crippen LogP contribution in [0.25, 0.3) is 0 Å². The number of likely N-dealkylation sites (N-methyl/N-ethyl adjacent to an activating group) is 1. The highest BCUT2D eigenvalue weighted by atomic mass is 19.4. The molecule has 3 aromatic rings. The predicted molar refractivity (Wildman–Crippen MR) is 143 cm³/mol. The fraction of sp³-hybridized carbons (Fsp3) is 0.345. The highest BCUT2D eigenvalue weighted by Crippen LogP contribution is 2.37. The lowest BCUT2D eigenvalue weighted by atomic mass is 10.0. The first-order valence-corrected chi connectivity index (χ1v) is 12.7. The SMILES string of the molecule is CC(Oc1cccc(CN2C(N)=NC(N3CCN(C)CC3)c3ccccc32)c1)c1cccc(C(F)(F)F)c1. The Labute approximate surface area is 221 Å². The molecule has 0 spiro atoms. The third-order valence-corrected chi connectivity index (χ3v) is 7.16. The summed E-state index contributed by atoms with van der Waals surface area (Å²) in [5.74, 6) is 1.03. The molecule has 2 unspecified atom stereocenters. The number of hydrogen-bond acceptors (Lipinski definition) is 6. The summed E-state index contributed by atoms with van der Waals surface area (Å²) in [7, 11) is 2.13. The van der Waals surface area contributed by atoms with Crippen molar-refractivity contribution in [2.75, 3.05) is 38.1 Å². The number of aliphatic imine (C=N–C) groups is 1. The van der Waals surface area contributed by atoms with Gasteiger partial charge in [0.25, 0.3) is 0 Å². The van der Waals surface area contributed by atoms with Gasteiger partial charge in [0.1, 0.15) is 18.0 Å². The molecule has 0 radical (unpaired) electrons. The number of nitrogens with zero attached hydrogens (tertiary/aromatic N) is 4. The number of para-hydroxylation sites is 1. The molecule has 2 aliphatic rings. The number of hydrogen-bond donors (Lipinski definition) is 1. The van der Waals surface area contributed by atoms with Gasteiger partial charge in [-0.3, -0.25) is 4.90 Å². The molecule has 0 amide bonds. The van der Waals surface area contributed by atoms with Crippen molar-refractivity contribution in [3.05, 3.63) is 95.1 Å². The van der Waals surface area contributed by atoms with E-state index in [4.69, 9.17) is 15.5 Å². The number of piperazine rings is 1. The summed E-state index contributed by atoms with van der Waals surface area (Å²) in [6.45, 7) is 6.06. The van der Waals surface area contributed by atoms with Crippen molar-refractivity contribution in [1.82, 2.24) is 9.80 Å². The average molecular weight is 524 g/mol. The summed E-state index contributed by atoms with van der Waals surface area (Å²) in [5, 5.41) is 0. The van der Waals surface area contributed by atoms with E-state index in [0.29, 0.717) is 23.8 Å². The Morgan fingerprint density at radius 3 is 2.47 bits per heavy atom. The Bertz CT molecular complexity index is 1300. The third kappa shape index (κ3) is 5.63. The minimum absolute atomic E-state index is 0.112. The molecule has 0 aliphatic carbocycles. The van der Waals surface area contributed by atoms with Gasteiger partial charge in [0, 0.05) is 31.7 Å². The minimum atomic E-state index is -4.40. The Kier molecular flexibility index (Phi) is 7.32. The molecule has 0 aromatic heterocycles. The van der Waals surface area contributed by atoms with Crippen LogP contribution in [0.3, 0.4) is 0 Å². The maximum absolute atomic E-state index is 13.1. The second-order valence-corrected chi connectivity index (χ2v) is 9.88. The van der Waals surface area contributed by atoms with E-state index in [0.717, 1.165) is 55.1 Å².